The third-order valence-corrected chi connectivity index (χ3v) is 3.06. The maximum absolute atomic E-state index is 11.9. The number of carbonyl (C=O) groups is 1. The summed E-state index contributed by atoms with van der Waals surface area (Å²) in [4.78, 5) is 11.9. The largest absolute Gasteiger partial charge is 0.327 e. The first-order valence-electron chi connectivity index (χ1n) is 6.02. The second-order valence-corrected chi connectivity index (χ2v) is 4.62. The smallest absolute Gasteiger partial charge is 0.167 e. The van der Waals surface area contributed by atoms with Crippen molar-refractivity contribution in [1.29, 1.82) is 0 Å². The Morgan fingerprint density at radius 3 is 3.06 bits per heavy atom. The summed E-state index contributed by atoms with van der Waals surface area (Å²) in [7, 11) is 0. The van der Waals surface area contributed by atoms with Crippen molar-refractivity contribution in [3.63, 3.8) is 0 Å². The molecule has 4 heteroatoms. The maximum Gasteiger partial charge on any atom is 0.167 e. The number of rotatable bonds is 6. The summed E-state index contributed by atoms with van der Waals surface area (Å²) in [5, 5.41) is 4.15. The lowest BCUT2D eigenvalue weighted by Gasteiger charge is -2.07. The number of ketones is 1. The number of nitrogens with two attached hydrogens (primary N) is 1. The molecule has 1 unspecified atom stereocenters. The summed E-state index contributed by atoms with van der Waals surface area (Å²) in [5.74, 6) is 0.705. The molecule has 1 atom stereocenters. The number of carbonyl (C=O) groups excluding carboxylic acids is 1. The van der Waals surface area contributed by atoms with Gasteiger partial charge in [0.25, 0.3) is 0 Å². The van der Waals surface area contributed by atoms with Crippen LogP contribution in [0, 0.1) is 5.92 Å². The van der Waals surface area contributed by atoms with Crippen molar-refractivity contribution in [3.8, 4) is 0 Å². The van der Waals surface area contributed by atoms with Crippen molar-refractivity contribution in [2.45, 2.75) is 45.2 Å². The SMILES string of the molecule is CCCn1cc(C(=O)CC(N)C2CC2)cn1. The van der Waals surface area contributed by atoms with Gasteiger partial charge >= 0.3 is 0 Å². The summed E-state index contributed by atoms with van der Waals surface area (Å²) < 4.78 is 1.82. The van der Waals surface area contributed by atoms with E-state index in [0.29, 0.717) is 17.9 Å². The van der Waals surface area contributed by atoms with Crippen molar-refractivity contribution >= 4 is 5.78 Å². The maximum atomic E-state index is 11.9. The third-order valence-electron chi connectivity index (χ3n) is 3.06. The van der Waals surface area contributed by atoms with Crippen molar-refractivity contribution < 1.29 is 4.79 Å². The molecule has 0 saturated heterocycles. The molecular weight excluding hydrogens is 202 g/mol. The van der Waals surface area contributed by atoms with E-state index in [9.17, 15) is 4.79 Å². The van der Waals surface area contributed by atoms with Crippen LogP contribution in [0.1, 0.15) is 43.0 Å². The molecule has 0 aliphatic heterocycles. The van der Waals surface area contributed by atoms with Crippen molar-refractivity contribution in [3.05, 3.63) is 18.0 Å². The number of nitrogens with zero attached hydrogens (tertiary/aromatic N) is 2. The number of hydrogen-bond donors (Lipinski definition) is 1. The van der Waals surface area contributed by atoms with Gasteiger partial charge in [0.2, 0.25) is 0 Å². The van der Waals surface area contributed by atoms with Gasteiger partial charge in [0.05, 0.1) is 11.8 Å². The van der Waals surface area contributed by atoms with Crippen LogP contribution < -0.4 is 5.73 Å². The van der Waals surface area contributed by atoms with Crippen LogP contribution in [-0.2, 0) is 6.54 Å². The van der Waals surface area contributed by atoms with Crippen molar-refractivity contribution in [2.24, 2.45) is 11.7 Å². The number of Topliss-reactive ketones (excluding diaryl/α,β-unsaturated/α-hetero) is 1. The molecule has 16 heavy (non-hydrogen) atoms. The van der Waals surface area contributed by atoms with Gasteiger partial charge in [-0.3, -0.25) is 9.48 Å². The highest BCUT2D eigenvalue weighted by atomic mass is 16.1. The van der Waals surface area contributed by atoms with Gasteiger partial charge in [0, 0.05) is 25.2 Å². The standard InChI is InChI=1S/C12H19N3O/c1-2-5-15-8-10(7-14-15)12(16)6-11(13)9-3-4-9/h7-9,11H,2-6,13H2,1H3. The fourth-order valence-corrected chi connectivity index (χ4v) is 1.88. The summed E-state index contributed by atoms with van der Waals surface area (Å²) in [5.41, 5.74) is 6.63. The number of hydrogen-bond acceptors (Lipinski definition) is 3. The van der Waals surface area contributed by atoms with Gasteiger partial charge < -0.3 is 5.73 Å². The molecular formula is C12H19N3O. The lowest BCUT2D eigenvalue weighted by Crippen LogP contribution is -2.25. The molecule has 0 bridgehead atoms. The molecule has 2 rings (SSSR count). The molecule has 1 aromatic rings. The van der Waals surface area contributed by atoms with Crippen LogP contribution >= 0.6 is 0 Å². The minimum atomic E-state index is 0.0435. The molecule has 1 aliphatic carbocycles. The predicted molar refractivity (Wildman–Crippen MR) is 62.2 cm³/mol. The van der Waals surface area contributed by atoms with E-state index in [1.807, 2.05) is 10.9 Å². The van der Waals surface area contributed by atoms with Gasteiger partial charge in [-0.25, -0.2) is 0 Å². The Bertz CT molecular complexity index is 368. The van der Waals surface area contributed by atoms with Gasteiger partial charge in [0.15, 0.2) is 5.78 Å². The monoisotopic (exact) mass is 221 g/mol. The molecule has 0 radical (unpaired) electrons. The average molecular weight is 221 g/mol. The fraction of sp³-hybridized carbons (Fsp3) is 0.667. The van der Waals surface area contributed by atoms with Gasteiger partial charge in [-0.15, -0.1) is 0 Å². The Morgan fingerprint density at radius 2 is 2.44 bits per heavy atom. The molecule has 2 N–H and O–H groups in total. The van der Waals surface area contributed by atoms with E-state index in [2.05, 4.69) is 12.0 Å². The van der Waals surface area contributed by atoms with Gasteiger partial charge in [-0.1, -0.05) is 6.92 Å². The van der Waals surface area contributed by atoms with Crippen LogP contribution in [0.5, 0.6) is 0 Å². The summed E-state index contributed by atoms with van der Waals surface area (Å²) in [6.45, 7) is 2.95. The fourth-order valence-electron chi connectivity index (χ4n) is 1.88. The molecule has 1 aliphatic rings. The van der Waals surface area contributed by atoms with Crippen LogP contribution in [0.15, 0.2) is 12.4 Å². The highest BCUT2D eigenvalue weighted by Crippen LogP contribution is 2.33. The summed E-state index contributed by atoms with van der Waals surface area (Å²) >= 11 is 0. The predicted octanol–water partition coefficient (Wildman–Crippen LogP) is 1.60. The Kier molecular flexibility index (Phi) is 3.39. The minimum absolute atomic E-state index is 0.0435. The van der Waals surface area contributed by atoms with E-state index < -0.39 is 0 Å². The first-order chi connectivity index (χ1) is 7.70. The van der Waals surface area contributed by atoms with E-state index in [1.54, 1.807) is 6.20 Å². The lowest BCUT2D eigenvalue weighted by atomic mass is 10.0. The van der Waals surface area contributed by atoms with Crippen LogP contribution in [0.4, 0.5) is 0 Å². The Hall–Kier alpha value is -1.16. The molecule has 0 aromatic carbocycles. The van der Waals surface area contributed by atoms with E-state index in [1.165, 1.54) is 12.8 Å². The third kappa shape index (κ3) is 2.70. The molecule has 88 valence electrons. The van der Waals surface area contributed by atoms with Gasteiger partial charge in [-0.05, 0) is 25.2 Å². The summed E-state index contributed by atoms with van der Waals surface area (Å²) in [6.07, 6.45) is 7.33. The first kappa shape index (κ1) is 11.3. The average Bonchev–Trinajstić information content (AvgIpc) is 3.00. The molecule has 1 fully saturated rings. The van der Waals surface area contributed by atoms with Crippen molar-refractivity contribution in [1.82, 2.24) is 9.78 Å². The topological polar surface area (TPSA) is 60.9 Å². The van der Waals surface area contributed by atoms with Gasteiger partial charge in [-0.2, -0.15) is 5.10 Å². The Balaban J connectivity index is 1.91. The number of aromatic nitrogens is 2. The Morgan fingerprint density at radius 1 is 1.69 bits per heavy atom. The minimum Gasteiger partial charge on any atom is -0.327 e. The lowest BCUT2D eigenvalue weighted by molar-refractivity contribution is 0.0971. The van der Waals surface area contributed by atoms with Crippen LogP contribution in [0.25, 0.3) is 0 Å². The molecule has 4 nitrogen and oxygen atoms in total. The zero-order valence-electron chi connectivity index (χ0n) is 9.72. The second kappa shape index (κ2) is 4.78. The highest BCUT2D eigenvalue weighted by Gasteiger charge is 2.30. The van der Waals surface area contributed by atoms with Crippen LogP contribution in [-0.4, -0.2) is 21.6 Å². The second-order valence-electron chi connectivity index (χ2n) is 4.62. The molecule has 1 heterocycles. The summed E-state index contributed by atoms with van der Waals surface area (Å²) in [6, 6.07) is 0.0435. The van der Waals surface area contributed by atoms with Gasteiger partial charge in [0.1, 0.15) is 0 Å². The normalized spacial score (nSPS) is 17.4. The van der Waals surface area contributed by atoms with E-state index in [0.717, 1.165) is 13.0 Å². The van der Waals surface area contributed by atoms with E-state index in [4.69, 9.17) is 5.73 Å². The van der Waals surface area contributed by atoms with Crippen molar-refractivity contribution in [2.75, 3.05) is 0 Å². The highest BCUT2D eigenvalue weighted by molar-refractivity contribution is 5.96. The quantitative estimate of drug-likeness (QED) is 0.742. The first-order valence-corrected chi connectivity index (χ1v) is 6.02. The molecule has 1 saturated carbocycles. The van der Waals surface area contributed by atoms with Crippen LogP contribution in [0.2, 0.25) is 0 Å². The van der Waals surface area contributed by atoms with Crippen LogP contribution in [0.3, 0.4) is 0 Å². The Labute approximate surface area is 95.8 Å². The zero-order chi connectivity index (χ0) is 11.5. The zero-order valence-corrected chi connectivity index (χ0v) is 9.72. The molecule has 0 spiro atoms. The van der Waals surface area contributed by atoms with E-state index >= 15 is 0 Å². The molecule has 0 amide bonds. The van der Waals surface area contributed by atoms with E-state index in [-0.39, 0.29) is 11.8 Å². The number of aryl methyl sites for hydroxylation is 1. The molecule has 1 aromatic heterocycles.